The van der Waals surface area contributed by atoms with Crippen molar-refractivity contribution in [3.63, 3.8) is 0 Å². The molecule has 1 aromatic carbocycles. The first-order valence-corrected chi connectivity index (χ1v) is 9.78. The van der Waals surface area contributed by atoms with E-state index in [0.29, 0.717) is 0 Å². The van der Waals surface area contributed by atoms with Crippen molar-refractivity contribution >= 4 is 16.9 Å². The maximum absolute atomic E-state index is 12.9. The summed E-state index contributed by atoms with van der Waals surface area (Å²) in [5, 5.41) is 11.3. The first kappa shape index (κ1) is 18.5. The van der Waals surface area contributed by atoms with Gasteiger partial charge >= 0.3 is 0 Å². The van der Waals surface area contributed by atoms with Gasteiger partial charge in [-0.1, -0.05) is 68.8 Å². The van der Waals surface area contributed by atoms with E-state index in [2.05, 4.69) is 18.7 Å². The van der Waals surface area contributed by atoms with Gasteiger partial charge in [-0.25, -0.2) is 0 Å². The summed E-state index contributed by atoms with van der Waals surface area (Å²) in [7, 11) is 0. The Morgan fingerprint density at radius 1 is 1.22 bits per heavy atom. The highest BCUT2D eigenvalue weighted by Gasteiger charge is 2.46. The van der Waals surface area contributed by atoms with E-state index in [1.54, 1.807) is 0 Å². The number of hydrogen-bond donors (Lipinski definition) is 1. The Balaban J connectivity index is 2.09. The Morgan fingerprint density at radius 2 is 1.83 bits per heavy atom. The van der Waals surface area contributed by atoms with Crippen LogP contribution in [0.1, 0.15) is 45.1 Å². The summed E-state index contributed by atoms with van der Waals surface area (Å²) in [6, 6.07) is 9.52. The number of rotatable bonds is 8. The van der Waals surface area contributed by atoms with Crippen LogP contribution < -0.4 is 0 Å². The minimum atomic E-state index is -1.33. The van der Waals surface area contributed by atoms with E-state index in [0.717, 1.165) is 56.6 Å². The van der Waals surface area contributed by atoms with Crippen LogP contribution in [-0.2, 0) is 10.4 Å². The van der Waals surface area contributed by atoms with Gasteiger partial charge in [0.1, 0.15) is 0 Å². The molecule has 4 heteroatoms. The normalized spacial score (nSPS) is 18.3. The Labute approximate surface area is 144 Å². The third kappa shape index (κ3) is 4.37. The van der Waals surface area contributed by atoms with Crippen molar-refractivity contribution in [3.8, 4) is 0 Å². The lowest BCUT2D eigenvalue weighted by Gasteiger charge is -2.33. The first-order valence-electron chi connectivity index (χ1n) is 8.80. The fraction of sp³-hybridized carbons (Fsp3) is 0.632. The van der Waals surface area contributed by atoms with Gasteiger partial charge in [0.2, 0.25) is 5.12 Å². The number of carbonyl (C=O) groups excluding carboxylic acids is 1. The monoisotopic (exact) mass is 335 g/mol. The standard InChI is InChI=1S/C19H29NO2S/c1-3-20(4-2)14-15-23-18(21)19(22,17-12-8-9-13-17)16-10-6-5-7-11-16/h5-7,10-11,17,22H,3-4,8-9,12-15H2,1-2H3/t19-/m1/s1. The molecule has 0 heterocycles. The summed E-state index contributed by atoms with van der Waals surface area (Å²) in [6.07, 6.45) is 4.09. The second-order valence-electron chi connectivity index (χ2n) is 6.28. The fourth-order valence-electron chi connectivity index (χ4n) is 3.47. The zero-order chi connectivity index (χ0) is 16.7. The molecule has 0 amide bonds. The molecule has 0 unspecified atom stereocenters. The van der Waals surface area contributed by atoms with Crippen LogP contribution in [0.25, 0.3) is 0 Å². The molecule has 0 spiro atoms. The van der Waals surface area contributed by atoms with E-state index in [1.165, 1.54) is 11.8 Å². The van der Waals surface area contributed by atoms with Crippen LogP contribution in [-0.4, -0.2) is 40.5 Å². The molecule has 1 aliphatic carbocycles. The van der Waals surface area contributed by atoms with Gasteiger partial charge in [-0.3, -0.25) is 4.79 Å². The van der Waals surface area contributed by atoms with E-state index in [-0.39, 0.29) is 11.0 Å². The smallest absolute Gasteiger partial charge is 0.225 e. The molecule has 0 aromatic heterocycles. The van der Waals surface area contributed by atoms with Gasteiger partial charge in [-0.2, -0.15) is 0 Å². The summed E-state index contributed by atoms with van der Waals surface area (Å²) >= 11 is 1.29. The highest BCUT2D eigenvalue weighted by molar-refractivity contribution is 8.13. The van der Waals surface area contributed by atoms with Gasteiger partial charge in [0.05, 0.1) is 0 Å². The van der Waals surface area contributed by atoms with Crippen LogP contribution in [0.4, 0.5) is 0 Å². The first-order chi connectivity index (χ1) is 11.1. The van der Waals surface area contributed by atoms with Crippen molar-refractivity contribution < 1.29 is 9.90 Å². The minimum absolute atomic E-state index is 0.0540. The third-order valence-corrected chi connectivity index (χ3v) is 5.97. The molecule has 0 radical (unpaired) electrons. The molecule has 0 aliphatic heterocycles. The Kier molecular flexibility index (Phi) is 7.12. The van der Waals surface area contributed by atoms with Gasteiger partial charge in [-0.15, -0.1) is 0 Å². The molecule has 23 heavy (non-hydrogen) atoms. The number of thioether (sulfide) groups is 1. The zero-order valence-corrected chi connectivity index (χ0v) is 15.1. The Hall–Kier alpha value is -0.840. The summed E-state index contributed by atoms with van der Waals surface area (Å²) in [4.78, 5) is 15.2. The molecule has 1 fully saturated rings. The molecule has 1 aliphatic rings. The van der Waals surface area contributed by atoms with Gasteiger partial charge in [0.15, 0.2) is 5.60 Å². The fourth-order valence-corrected chi connectivity index (χ4v) is 4.51. The molecule has 1 aromatic rings. The zero-order valence-electron chi connectivity index (χ0n) is 14.3. The summed E-state index contributed by atoms with van der Waals surface area (Å²) < 4.78 is 0. The molecule has 0 bridgehead atoms. The molecule has 0 saturated heterocycles. The highest BCUT2D eigenvalue weighted by atomic mass is 32.2. The average Bonchev–Trinajstić information content (AvgIpc) is 3.13. The number of benzene rings is 1. The third-order valence-electron chi connectivity index (χ3n) is 5.01. The number of aliphatic hydroxyl groups is 1. The predicted octanol–water partition coefficient (Wildman–Crippen LogP) is 3.67. The molecule has 1 N–H and O–H groups in total. The Morgan fingerprint density at radius 3 is 2.39 bits per heavy atom. The molecule has 1 saturated carbocycles. The van der Waals surface area contributed by atoms with Crippen LogP contribution in [0, 0.1) is 5.92 Å². The van der Waals surface area contributed by atoms with Crippen molar-refractivity contribution in [1.82, 2.24) is 4.90 Å². The molecule has 3 nitrogen and oxygen atoms in total. The predicted molar refractivity (Wildman–Crippen MR) is 97.5 cm³/mol. The lowest BCUT2D eigenvalue weighted by atomic mass is 9.81. The lowest BCUT2D eigenvalue weighted by molar-refractivity contribution is -0.134. The molecule has 128 valence electrons. The molecule has 1 atom stereocenters. The average molecular weight is 336 g/mol. The minimum Gasteiger partial charge on any atom is -0.376 e. The van der Waals surface area contributed by atoms with Crippen LogP contribution >= 0.6 is 11.8 Å². The van der Waals surface area contributed by atoms with Crippen LogP contribution in [0.3, 0.4) is 0 Å². The summed E-state index contributed by atoms with van der Waals surface area (Å²) in [6.45, 7) is 7.15. The van der Waals surface area contributed by atoms with E-state index in [9.17, 15) is 9.90 Å². The van der Waals surface area contributed by atoms with Crippen LogP contribution in [0.15, 0.2) is 30.3 Å². The topological polar surface area (TPSA) is 40.5 Å². The van der Waals surface area contributed by atoms with Crippen LogP contribution in [0.5, 0.6) is 0 Å². The number of carbonyl (C=O) groups is 1. The second kappa shape index (κ2) is 8.86. The van der Waals surface area contributed by atoms with E-state index >= 15 is 0 Å². The van der Waals surface area contributed by atoms with Gasteiger partial charge in [-0.05, 0) is 37.4 Å². The van der Waals surface area contributed by atoms with Gasteiger partial charge in [0, 0.05) is 12.3 Å². The highest BCUT2D eigenvalue weighted by Crippen LogP contribution is 2.43. The maximum atomic E-state index is 12.9. The van der Waals surface area contributed by atoms with Crippen LogP contribution in [0.2, 0.25) is 0 Å². The largest absolute Gasteiger partial charge is 0.376 e. The van der Waals surface area contributed by atoms with E-state index < -0.39 is 5.60 Å². The van der Waals surface area contributed by atoms with Crippen molar-refractivity contribution in [2.45, 2.75) is 45.1 Å². The summed E-state index contributed by atoms with van der Waals surface area (Å²) in [5.41, 5.74) is -0.571. The maximum Gasteiger partial charge on any atom is 0.225 e. The number of nitrogens with zero attached hydrogens (tertiary/aromatic N) is 1. The van der Waals surface area contributed by atoms with Gasteiger partial charge < -0.3 is 10.0 Å². The second-order valence-corrected chi connectivity index (χ2v) is 7.34. The van der Waals surface area contributed by atoms with Crippen molar-refractivity contribution in [1.29, 1.82) is 0 Å². The van der Waals surface area contributed by atoms with Crippen molar-refractivity contribution in [2.24, 2.45) is 5.92 Å². The van der Waals surface area contributed by atoms with Crippen molar-refractivity contribution in [3.05, 3.63) is 35.9 Å². The lowest BCUT2D eigenvalue weighted by Crippen LogP contribution is -2.41. The SMILES string of the molecule is CCN(CC)CCSC(=O)[C@@](O)(c1ccccc1)C1CCCC1. The summed E-state index contributed by atoms with van der Waals surface area (Å²) in [5.74, 6) is 0.793. The van der Waals surface area contributed by atoms with Crippen molar-refractivity contribution in [2.75, 3.05) is 25.4 Å². The molecular formula is C19H29NO2S. The van der Waals surface area contributed by atoms with E-state index in [4.69, 9.17) is 0 Å². The van der Waals surface area contributed by atoms with Gasteiger partial charge in [0.25, 0.3) is 0 Å². The molecular weight excluding hydrogens is 306 g/mol. The number of hydrogen-bond acceptors (Lipinski definition) is 4. The van der Waals surface area contributed by atoms with E-state index in [1.807, 2.05) is 30.3 Å². The Bertz CT molecular complexity index is 483. The quantitative estimate of drug-likeness (QED) is 0.787. The molecule has 2 rings (SSSR count).